The van der Waals surface area contributed by atoms with Crippen LogP contribution in [0.1, 0.15) is 10.6 Å². The number of ether oxygens (including phenoxy) is 2. The first-order valence-electron chi connectivity index (χ1n) is 7.05. The van der Waals surface area contributed by atoms with Crippen LogP contribution in [0.3, 0.4) is 0 Å². The Labute approximate surface area is 132 Å². The molecule has 0 bridgehead atoms. The zero-order chi connectivity index (χ0) is 15.2. The first-order valence-corrected chi connectivity index (χ1v) is 7.93. The van der Waals surface area contributed by atoms with Gasteiger partial charge in [0.1, 0.15) is 13.2 Å². The molecular weight excluding hydrogens is 300 g/mol. The summed E-state index contributed by atoms with van der Waals surface area (Å²) in [6, 6.07) is 5.62. The van der Waals surface area contributed by atoms with Crippen LogP contribution in [0.4, 0.5) is 0 Å². The highest BCUT2D eigenvalue weighted by molar-refractivity contribution is 7.09. The van der Waals surface area contributed by atoms with Crippen LogP contribution >= 0.6 is 11.3 Å². The molecule has 5 nitrogen and oxygen atoms in total. The van der Waals surface area contributed by atoms with Gasteiger partial charge in [-0.05, 0) is 23.8 Å². The molecule has 1 aromatic carbocycles. The van der Waals surface area contributed by atoms with Crippen molar-refractivity contribution in [2.45, 2.75) is 6.42 Å². The highest BCUT2D eigenvalue weighted by Crippen LogP contribution is 2.30. The first kappa shape index (κ1) is 14.6. The predicted molar refractivity (Wildman–Crippen MR) is 85.3 cm³/mol. The molecule has 3 rings (SSSR count). The number of hydrogen-bond acceptors (Lipinski definition) is 5. The molecule has 6 heteroatoms. The van der Waals surface area contributed by atoms with E-state index in [2.05, 4.69) is 10.3 Å². The third-order valence-electron chi connectivity index (χ3n) is 3.11. The Balaban J connectivity index is 1.51. The molecule has 0 saturated carbocycles. The summed E-state index contributed by atoms with van der Waals surface area (Å²) in [5, 5.41) is 5.79. The van der Waals surface area contributed by atoms with E-state index < -0.39 is 0 Å². The molecule has 0 saturated heterocycles. The van der Waals surface area contributed by atoms with E-state index in [1.165, 1.54) is 6.08 Å². The van der Waals surface area contributed by atoms with Crippen LogP contribution in [-0.4, -0.2) is 30.6 Å². The third kappa shape index (κ3) is 3.85. The number of rotatable bonds is 5. The van der Waals surface area contributed by atoms with Gasteiger partial charge in [-0.15, -0.1) is 11.3 Å². The number of nitrogens with one attached hydrogen (secondary N) is 1. The molecule has 1 amide bonds. The van der Waals surface area contributed by atoms with Crippen molar-refractivity contribution >= 4 is 23.3 Å². The molecule has 0 aliphatic carbocycles. The minimum absolute atomic E-state index is 0.119. The fourth-order valence-electron chi connectivity index (χ4n) is 2.06. The number of thiazole rings is 1. The Morgan fingerprint density at radius 1 is 1.32 bits per heavy atom. The Morgan fingerprint density at radius 2 is 2.18 bits per heavy atom. The minimum atomic E-state index is -0.119. The summed E-state index contributed by atoms with van der Waals surface area (Å²) in [7, 11) is 0. The van der Waals surface area contributed by atoms with Crippen molar-refractivity contribution in [2.75, 3.05) is 19.8 Å². The normalized spacial score (nSPS) is 13.3. The van der Waals surface area contributed by atoms with Gasteiger partial charge in [0.2, 0.25) is 5.91 Å². The molecule has 1 aliphatic rings. The number of aromatic nitrogens is 1. The lowest BCUT2D eigenvalue weighted by atomic mass is 10.2. The summed E-state index contributed by atoms with van der Waals surface area (Å²) < 4.78 is 11.0. The molecule has 0 unspecified atom stereocenters. The van der Waals surface area contributed by atoms with Gasteiger partial charge >= 0.3 is 0 Å². The van der Waals surface area contributed by atoms with E-state index in [1.54, 1.807) is 23.6 Å². The van der Waals surface area contributed by atoms with E-state index in [-0.39, 0.29) is 5.91 Å². The quantitative estimate of drug-likeness (QED) is 0.860. The summed E-state index contributed by atoms with van der Waals surface area (Å²) >= 11 is 1.59. The van der Waals surface area contributed by atoms with Crippen molar-refractivity contribution in [2.24, 2.45) is 0 Å². The van der Waals surface area contributed by atoms with Crippen LogP contribution in [-0.2, 0) is 11.2 Å². The van der Waals surface area contributed by atoms with E-state index in [4.69, 9.17) is 9.47 Å². The fourth-order valence-corrected chi connectivity index (χ4v) is 2.68. The number of fused-ring (bicyclic) bond motifs is 1. The maximum Gasteiger partial charge on any atom is 0.244 e. The van der Waals surface area contributed by atoms with Gasteiger partial charge in [-0.25, -0.2) is 4.98 Å². The summed E-state index contributed by atoms with van der Waals surface area (Å²) in [6.45, 7) is 1.71. The minimum Gasteiger partial charge on any atom is -0.486 e. The maximum absolute atomic E-state index is 11.8. The summed E-state index contributed by atoms with van der Waals surface area (Å²) in [4.78, 5) is 15.9. The van der Waals surface area contributed by atoms with E-state index in [9.17, 15) is 4.79 Å². The highest BCUT2D eigenvalue weighted by atomic mass is 32.1. The van der Waals surface area contributed by atoms with Crippen molar-refractivity contribution in [3.63, 3.8) is 0 Å². The molecule has 22 heavy (non-hydrogen) atoms. The Bertz CT molecular complexity index is 668. The van der Waals surface area contributed by atoms with Gasteiger partial charge in [0.15, 0.2) is 11.5 Å². The van der Waals surface area contributed by atoms with Gasteiger partial charge in [0.25, 0.3) is 0 Å². The Morgan fingerprint density at radius 3 is 3.00 bits per heavy atom. The zero-order valence-corrected chi connectivity index (χ0v) is 12.8. The molecule has 2 aromatic rings. The van der Waals surface area contributed by atoms with E-state index in [1.807, 2.05) is 23.6 Å². The number of carbonyl (C=O) groups is 1. The molecule has 2 heterocycles. The molecule has 1 aromatic heterocycles. The van der Waals surface area contributed by atoms with Crippen molar-refractivity contribution in [1.29, 1.82) is 0 Å². The topological polar surface area (TPSA) is 60.5 Å². The van der Waals surface area contributed by atoms with Crippen LogP contribution < -0.4 is 14.8 Å². The molecule has 0 fully saturated rings. The fraction of sp³-hybridized carbons (Fsp3) is 0.250. The van der Waals surface area contributed by atoms with Gasteiger partial charge in [0.05, 0.1) is 5.01 Å². The lowest BCUT2D eigenvalue weighted by molar-refractivity contribution is -0.116. The number of hydrogen-bond donors (Lipinski definition) is 1. The second-order valence-electron chi connectivity index (χ2n) is 4.70. The van der Waals surface area contributed by atoms with Crippen molar-refractivity contribution in [3.8, 4) is 11.5 Å². The smallest absolute Gasteiger partial charge is 0.244 e. The van der Waals surface area contributed by atoms with Crippen molar-refractivity contribution in [1.82, 2.24) is 10.3 Å². The second-order valence-corrected chi connectivity index (χ2v) is 5.68. The van der Waals surface area contributed by atoms with Gasteiger partial charge < -0.3 is 14.8 Å². The van der Waals surface area contributed by atoms with Crippen LogP contribution in [0, 0.1) is 0 Å². The maximum atomic E-state index is 11.8. The largest absolute Gasteiger partial charge is 0.486 e. The first-order chi connectivity index (χ1) is 10.8. The standard InChI is InChI=1S/C16H16N2O3S/c19-15(17-6-5-16-18-7-10-22-16)4-2-12-1-3-13-14(11-12)21-9-8-20-13/h1-4,7,10-11H,5-6,8-9H2,(H,17,19). The van der Waals surface area contributed by atoms with Gasteiger partial charge in [-0.1, -0.05) is 6.07 Å². The Kier molecular flexibility index (Phi) is 4.70. The third-order valence-corrected chi connectivity index (χ3v) is 3.95. The van der Waals surface area contributed by atoms with E-state index in [0.29, 0.717) is 19.8 Å². The van der Waals surface area contributed by atoms with E-state index in [0.717, 1.165) is 28.5 Å². The molecule has 0 spiro atoms. The zero-order valence-electron chi connectivity index (χ0n) is 12.0. The summed E-state index contributed by atoms with van der Waals surface area (Å²) in [5.74, 6) is 1.35. The van der Waals surface area contributed by atoms with Crippen LogP contribution in [0.25, 0.3) is 6.08 Å². The number of nitrogens with zero attached hydrogens (tertiary/aromatic N) is 1. The average Bonchev–Trinajstić information content (AvgIpc) is 3.06. The molecule has 1 aliphatic heterocycles. The van der Waals surface area contributed by atoms with Gasteiger partial charge in [-0.2, -0.15) is 0 Å². The molecule has 0 atom stereocenters. The van der Waals surface area contributed by atoms with Crippen LogP contribution in [0.5, 0.6) is 11.5 Å². The Hall–Kier alpha value is -2.34. The predicted octanol–water partition coefficient (Wildman–Crippen LogP) is 2.29. The van der Waals surface area contributed by atoms with Crippen LogP contribution in [0.15, 0.2) is 35.9 Å². The van der Waals surface area contributed by atoms with Crippen molar-refractivity contribution in [3.05, 3.63) is 46.4 Å². The second kappa shape index (κ2) is 7.09. The molecule has 0 radical (unpaired) electrons. The summed E-state index contributed by atoms with van der Waals surface area (Å²) in [5.41, 5.74) is 0.902. The molecule has 114 valence electrons. The number of benzene rings is 1. The lowest BCUT2D eigenvalue weighted by Gasteiger charge is -2.18. The van der Waals surface area contributed by atoms with Crippen LogP contribution in [0.2, 0.25) is 0 Å². The SMILES string of the molecule is O=C(C=Cc1ccc2c(c1)OCCO2)NCCc1nccs1. The van der Waals surface area contributed by atoms with Gasteiger partial charge in [-0.3, -0.25) is 4.79 Å². The van der Waals surface area contributed by atoms with Gasteiger partial charge in [0, 0.05) is 30.6 Å². The van der Waals surface area contributed by atoms with E-state index >= 15 is 0 Å². The number of amides is 1. The molecular formula is C16H16N2O3S. The van der Waals surface area contributed by atoms with Crippen molar-refractivity contribution < 1.29 is 14.3 Å². The molecule has 1 N–H and O–H groups in total. The lowest BCUT2D eigenvalue weighted by Crippen LogP contribution is -2.23. The monoisotopic (exact) mass is 316 g/mol. The average molecular weight is 316 g/mol. The number of carbonyl (C=O) groups excluding carboxylic acids is 1. The highest BCUT2D eigenvalue weighted by Gasteiger charge is 2.10. The summed E-state index contributed by atoms with van der Waals surface area (Å²) in [6.07, 6.45) is 5.80.